The molecule has 6 heteroatoms. The zero-order valence-electron chi connectivity index (χ0n) is 9.78. The summed E-state index contributed by atoms with van der Waals surface area (Å²) in [6.07, 6.45) is 4.10. The second-order valence-electron chi connectivity index (χ2n) is 5.66. The third-order valence-corrected chi connectivity index (χ3v) is 4.17. The van der Waals surface area contributed by atoms with Crippen molar-refractivity contribution >= 4 is 17.1 Å². The van der Waals surface area contributed by atoms with Crippen molar-refractivity contribution in [3.8, 4) is 0 Å². The van der Waals surface area contributed by atoms with Gasteiger partial charge in [-0.2, -0.15) is 4.28 Å². The lowest BCUT2D eigenvalue weighted by Gasteiger charge is -2.29. The Kier molecular flexibility index (Phi) is 3.07. The van der Waals surface area contributed by atoms with E-state index in [4.69, 9.17) is 10.0 Å². The standard InChI is InChI=1S/C10H19N3O2S/c1-9(2)3-4-10(6-9,7-11)5-8-12-15-16(14)13-8/h3-7,11H2,1-2H3,(H,12,13). The summed E-state index contributed by atoms with van der Waals surface area (Å²) in [5.41, 5.74) is 8.95. The van der Waals surface area contributed by atoms with Gasteiger partial charge in [-0.15, -0.1) is 4.40 Å². The van der Waals surface area contributed by atoms with E-state index in [2.05, 4.69) is 23.7 Å². The van der Waals surface area contributed by atoms with Crippen LogP contribution in [0.5, 0.6) is 0 Å². The summed E-state index contributed by atoms with van der Waals surface area (Å²) in [4.78, 5) is 0. The predicted octanol–water partition coefficient (Wildman–Crippen LogP) is 1.04. The highest BCUT2D eigenvalue weighted by Crippen LogP contribution is 2.50. The van der Waals surface area contributed by atoms with Gasteiger partial charge in [-0.05, 0) is 36.6 Å². The molecule has 0 bridgehead atoms. The molecule has 0 amide bonds. The van der Waals surface area contributed by atoms with Crippen LogP contribution in [0.3, 0.4) is 0 Å². The van der Waals surface area contributed by atoms with E-state index in [0.29, 0.717) is 17.8 Å². The molecule has 0 radical (unpaired) electrons. The summed E-state index contributed by atoms with van der Waals surface area (Å²) in [6, 6.07) is 0. The zero-order chi connectivity index (χ0) is 11.8. The van der Waals surface area contributed by atoms with Gasteiger partial charge in [-0.1, -0.05) is 13.8 Å². The molecule has 2 aliphatic rings. The molecule has 0 spiro atoms. The second-order valence-corrected chi connectivity index (χ2v) is 6.45. The van der Waals surface area contributed by atoms with Crippen molar-refractivity contribution in [3.63, 3.8) is 0 Å². The first-order valence-electron chi connectivity index (χ1n) is 5.58. The fourth-order valence-corrected chi connectivity index (χ4v) is 3.31. The van der Waals surface area contributed by atoms with Crippen molar-refractivity contribution in [2.24, 2.45) is 21.0 Å². The largest absolute Gasteiger partial charge is 0.330 e. The van der Waals surface area contributed by atoms with Gasteiger partial charge in [0, 0.05) is 6.42 Å². The first-order chi connectivity index (χ1) is 7.45. The number of nitrogens with two attached hydrogens (primary N) is 1. The van der Waals surface area contributed by atoms with E-state index in [9.17, 15) is 4.21 Å². The van der Waals surface area contributed by atoms with Gasteiger partial charge in [-0.3, -0.25) is 0 Å². The highest BCUT2D eigenvalue weighted by molar-refractivity contribution is 7.79. The lowest BCUT2D eigenvalue weighted by molar-refractivity contribution is 0.255. The van der Waals surface area contributed by atoms with Crippen LogP contribution in [-0.4, -0.2) is 16.6 Å². The van der Waals surface area contributed by atoms with Crippen molar-refractivity contribution < 1.29 is 8.49 Å². The summed E-state index contributed by atoms with van der Waals surface area (Å²) in [6.45, 7) is 5.18. The molecule has 0 aromatic carbocycles. The number of nitrogens with zero attached hydrogens (tertiary/aromatic N) is 1. The van der Waals surface area contributed by atoms with E-state index < -0.39 is 11.3 Å². The van der Waals surface area contributed by atoms with Crippen molar-refractivity contribution in [1.29, 1.82) is 0 Å². The van der Waals surface area contributed by atoms with Gasteiger partial charge in [0.2, 0.25) is 0 Å². The van der Waals surface area contributed by atoms with E-state index >= 15 is 0 Å². The summed E-state index contributed by atoms with van der Waals surface area (Å²) in [5, 5.41) is 0. The average molecular weight is 245 g/mol. The molecule has 0 aromatic rings. The van der Waals surface area contributed by atoms with E-state index in [1.807, 2.05) is 0 Å². The minimum absolute atomic E-state index is 0.0905. The smallest absolute Gasteiger partial charge is 0.309 e. The Morgan fingerprint density at radius 1 is 1.56 bits per heavy atom. The van der Waals surface area contributed by atoms with Crippen LogP contribution in [-0.2, 0) is 15.6 Å². The van der Waals surface area contributed by atoms with Crippen LogP contribution in [0.4, 0.5) is 0 Å². The Morgan fingerprint density at radius 3 is 2.75 bits per heavy atom. The molecule has 92 valence electrons. The van der Waals surface area contributed by atoms with Gasteiger partial charge in [0.25, 0.3) is 0 Å². The van der Waals surface area contributed by atoms with Gasteiger partial charge in [0.1, 0.15) is 5.84 Å². The van der Waals surface area contributed by atoms with E-state index in [-0.39, 0.29) is 5.41 Å². The first-order valence-corrected chi connectivity index (χ1v) is 6.61. The minimum atomic E-state index is -1.56. The molecule has 2 atom stereocenters. The lowest BCUT2D eigenvalue weighted by atomic mass is 9.79. The summed E-state index contributed by atoms with van der Waals surface area (Å²) in [5.74, 6) is 0.668. The Hall–Kier alpha value is -0.460. The lowest BCUT2D eigenvalue weighted by Crippen LogP contribution is -2.34. The minimum Gasteiger partial charge on any atom is -0.330 e. The number of hydrogen-bond donors (Lipinski definition) is 2. The fraction of sp³-hybridized carbons (Fsp3) is 0.900. The third-order valence-electron chi connectivity index (χ3n) is 3.58. The molecule has 1 heterocycles. The maximum atomic E-state index is 11.0. The predicted molar refractivity (Wildman–Crippen MR) is 63.5 cm³/mol. The van der Waals surface area contributed by atoms with E-state index in [1.54, 1.807) is 0 Å². The molecule has 3 N–H and O–H groups in total. The van der Waals surface area contributed by atoms with Gasteiger partial charge >= 0.3 is 11.3 Å². The molecular weight excluding hydrogens is 226 g/mol. The molecule has 1 aliphatic carbocycles. The van der Waals surface area contributed by atoms with Crippen LogP contribution in [0, 0.1) is 10.8 Å². The number of nitrogens with one attached hydrogen (secondary N) is 1. The van der Waals surface area contributed by atoms with Gasteiger partial charge in [0.05, 0.1) is 0 Å². The molecule has 16 heavy (non-hydrogen) atoms. The number of hydroxylamine groups is 1. The molecule has 1 saturated carbocycles. The van der Waals surface area contributed by atoms with Crippen molar-refractivity contribution in [3.05, 3.63) is 0 Å². The van der Waals surface area contributed by atoms with Crippen LogP contribution in [0.1, 0.15) is 39.5 Å². The number of rotatable bonds is 3. The van der Waals surface area contributed by atoms with Crippen molar-refractivity contribution in [2.75, 3.05) is 6.54 Å². The SMILES string of the molecule is CC1(C)CCC(CN)(CC2=NS(=O)ON2)C1. The Morgan fingerprint density at radius 2 is 2.31 bits per heavy atom. The topological polar surface area (TPSA) is 76.7 Å². The van der Waals surface area contributed by atoms with Crippen LogP contribution in [0.15, 0.2) is 4.40 Å². The normalized spacial score (nSPS) is 37.2. The Bertz CT molecular complexity index is 343. The molecular formula is C10H19N3O2S. The monoisotopic (exact) mass is 245 g/mol. The molecule has 1 aliphatic heterocycles. The van der Waals surface area contributed by atoms with Crippen LogP contribution in [0.2, 0.25) is 0 Å². The second kappa shape index (κ2) is 4.09. The molecule has 2 rings (SSSR count). The highest BCUT2D eigenvalue weighted by atomic mass is 32.2. The maximum Gasteiger partial charge on any atom is 0.309 e. The Labute approximate surface area is 98.6 Å². The molecule has 1 fully saturated rings. The number of hydrogen-bond acceptors (Lipinski definition) is 4. The van der Waals surface area contributed by atoms with E-state index in [1.165, 1.54) is 6.42 Å². The summed E-state index contributed by atoms with van der Waals surface area (Å²) < 4.78 is 19.5. The Balaban J connectivity index is 2.06. The quantitative estimate of drug-likeness (QED) is 0.779. The van der Waals surface area contributed by atoms with Gasteiger partial charge in [-0.25, -0.2) is 9.69 Å². The first kappa shape index (κ1) is 12.0. The highest BCUT2D eigenvalue weighted by Gasteiger charge is 2.43. The van der Waals surface area contributed by atoms with Gasteiger partial charge in [0.15, 0.2) is 0 Å². The zero-order valence-corrected chi connectivity index (χ0v) is 10.6. The summed E-state index contributed by atoms with van der Waals surface area (Å²) >= 11 is -1.56. The van der Waals surface area contributed by atoms with E-state index in [0.717, 1.165) is 19.3 Å². The number of amidine groups is 1. The van der Waals surface area contributed by atoms with Crippen molar-refractivity contribution in [1.82, 2.24) is 5.48 Å². The molecule has 5 nitrogen and oxygen atoms in total. The molecule has 0 saturated heterocycles. The molecule has 0 aromatic heterocycles. The third kappa shape index (κ3) is 2.44. The van der Waals surface area contributed by atoms with Crippen LogP contribution in [0.25, 0.3) is 0 Å². The summed E-state index contributed by atoms with van der Waals surface area (Å²) in [7, 11) is 0. The fourth-order valence-electron chi connectivity index (χ4n) is 2.83. The maximum absolute atomic E-state index is 11.0. The van der Waals surface area contributed by atoms with Crippen LogP contribution < -0.4 is 11.2 Å². The molecule has 2 unspecified atom stereocenters. The average Bonchev–Trinajstić information content (AvgIpc) is 2.72. The van der Waals surface area contributed by atoms with Gasteiger partial charge < -0.3 is 5.73 Å². The van der Waals surface area contributed by atoms with Crippen molar-refractivity contribution in [2.45, 2.75) is 39.5 Å². The van der Waals surface area contributed by atoms with Crippen LogP contribution >= 0.6 is 0 Å².